The lowest BCUT2D eigenvalue weighted by Gasteiger charge is -2.16. The lowest BCUT2D eigenvalue weighted by atomic mass is 10.1. The maximum Gasteiger partial charge on any atom is 0.293 e. The summed E-state index contributed by atoms with van der Waals surface area (Å²) in [6.07, 6.45) is 1.02. The van der Waals surface area contributed by atoms with Gasteiger partial charge in [-0.3, -0.25) is 10.1 Å². The Morgan fingerprint density at radius 3 is 2.32 bits per heavy atom. The lowest BCUT2D eigenvalue weighted by molar-refractivity contribution is -0.384. The number of nitro benzene ring substituents is 1. The molecular weight excluding hydrogens is 304 g/mol. The summed E-state index contributed by atoms with van der Waals surface area (Å²) in [4.78, 5) is 10.5. The van der Waals surface area contributed by atoms with Crippen LogP contribution < -0.4 is 5.32 Å². The smallest absolute Gasteiger partial charge is 0.293 e. The Balaban J connectivity index is 2.37. The molecule has 7 heteroatoms. The monoisotopic (exact) mass is 320 g/mol. The molecule has 116 valence electrons. The van der Waals surface area contributed by atoms with Gasteiger partial charge in [-0.2, -0.15) is 0 Å². The van der Waals surface area contributed by atoms with E-state index in [2.05, 4.69) is 5.32 Å². The van der Waals surface area contributed by atoms with Crippen LogP contribution in [0.4, 0.5) is 11.4 Å². The summed E-state index contributed by atoms with van der Waals surface area (Å²) in [6.45, 7) is 1.88. The topological polar surface area (TPSA) is 89.3 Å². The van der Waals surface area contributed by atoms with E-state index in [9.17, 15) is 18.5 Å². The van der Waals surface area contributed by atoms with Crippen molar-refractivity contribution in [3.05, 3.63) is 64.2 Å². The van der Waals surface area contributed by atoms with Crippen LogP contribution in [-0.4, -0.2) is 19.6 Å². The maximum absolute atomic E-state index is 11.5. The third kappa shape index (κ3) is 3.62. The third-order valence-electron chi connectivity index (χ3n) is 3.27. The maximum atomic E-state index is 11.5. The van der Waals surface area contributed by atoms with Crippen molar-refractivity contribution in [1.82, 2.24) is 0 Å². The second-order valence-corrected chi connectivity index (χ2v) is 7.00. The van der Waals surface area contributed by atoms with Crippen LogP contribution in [0.25, 0.3) is 0 Å². The van der Waals surface area contributed by atoms with Crippen molar-refractivity contribution < 1.29 is 13.3 Å². The summed E-state index contributed by atoms with van der Waals surface area (Å²) in [6, 6.07) is 13.2. The van der Waals surface area contributed by atoms with Crippen LogP contribution >= 0.6 is 0 Å². The molecule has 0 aliphatic carbocycles. The molecule has 2 aromatic carbocycles. The van der Waals surface area contributed by atoms with Crippen molar-refractivity contribution in [2.24, 2.45) is 0 Å². The zero-order valence-corrected chi connectivity index (χ0v) is 13.0. The van der Waals surface area contributed by atoms with Gasteiger partial charge >= 0.3 is 0 Å². The van der Waals surface area contributed by atoms with Crippen LogP contribution in [0.3, 0.4) is 0 Å². The van der Waals surface area contributed by atoms with Crippen LogP contribution in [0.1, 0.15) is 18.5 Å². The van der Waals surface area contributed by atoms with Gasteiger partial charge in [-0.05, 0) is 24.6 Å². The highest BCUT2D eigenvalue weighted by molar-refractivity contribution is 7.90. The molecule has 0 heterocycles. The van der Waals surface area contributed by atoms with E-state index in [1.165, 1.54) is 12.1 Å². The predicted molar refractivity (Wildman–Crippen MR) is 84.7 cm³/mol. The summed E-state index contributed by atoms with van der Waals surface area (Å²) < 4.78 is 23.0. The molecule has 2 rings (SSSR count). The number of nitro groups is 1. The number of hydrogen-bond acceptors (Lipinski definition) is 5. The van der Waals surface area contributed by atoms with Crippen LogP contribution in [-0.2, 0) is 9.84 Å². The first-order valence-corrected chi connectivity index (χ1v) is 8.48. The number of sulfone groups is 1. The minimum absolute atomic E-state index is 0.0721. The minimum atomic E-state index is -3.49. The van der Waals surface area contributed by atoms with Crippen LogP contribution in [0.5, 0.6) is 0 Å². The van der Waals surface area contributed by atoms with E-state index in [0.717, 1.165) is 17.9 Å². The fourth-order valence-corrected chi connectivity index (χ4v) is 2.71. The zero-order valence-electron chi connectivity index (χ0n) is 12.2. The van der Waals surface area contributed by atoms with Gasteiger partial charge in [-0.25, -0.2) is 8.42 Å². The molecule has 6 nitrogen and oxygen atoms in total. The number of nitrogens with zero attached hydrogens (tertiary/aromatic N) is 1. The van der Waals surface area contributed by atoms with Crippen molar-refractivity contribution in [3.8, 4) is 0 Å². The molecule has 1 atom stereocenters. The van der Waals surface area contributed by atoms with Crippen LogP contribution in [0.2, 0.25) is 0 Å². The molecule has 0 spiro atoms. The number of anilines is 1. The quantitative estimate of drug-likeness (QED) is 0.675. The molecule has 0 unspecified atom stereocenters. The Hall–Kier alpha value is -2.41. The van der Waals surface area contributed by atoms with Crippen molar-refractivity contribution in [3.63, 3.8) is 0 Å². The standard InChI is InChI=1S/C15H16N2O4S/c1-11(12-6-4-3-5-7-12)16-14-9-8-13(22(2,20)21)10-15(14)17(18)19/h3-11,16H,1-2H3/t11-/m1/s1. The molecule has 0 aliphatic rings. The fourth-order valence-electron chi connectivity index (χ4n) is 2.07. The molecular formula is C15H16N2O4S. The summed E-state index contributed by atoms with van der Waals surface area (Å²) in [5, 5.41) is 14.2. The van der Waals surface area contributed by atoms with Gasteiger partial charge in [0.05, 0.1) is 9.82 Å². The van der Waals surface area contributed by atoms with E-state index in [1.54, 1.807) is 0 Å². The fraction of sp³-hybridized carbons (Fsp3) is 0.200. The van der Waals surface area contributed by atoms with E-state index in [1.807, 2.05) is 37.3 Å². The summed E-state index contributed by atoms with van der Waals surface area (Å²) >= 11 is 0. The average molecular weight is 320 g/mol. The van der Waals surface area contributed by atoms with Crippen molar-refractivity contribution >= 4 is 21.2 Å². The highest BCUT2D eigenvalue weighted by Gasteiger charge is 2.20. The van der Waals surface area contributed by atoms with Crippen molar-refractivity contribution in [2.45, 2.75) is 17.9 Å². The second kappa shape index (κ2) is 6.15. The molecule has 0 aromatic heterocycles. The summed E-state index contributed by atoms with van der Waals surface area (Å²) in [7, 11) is -3.49. The normalized spacial score (nSPS) is 12.6. The number of hydrogen-bond donors (Lipinski definition) is 1. The average Bonchev–Trinajstić information content (AvgIpc) is 2.47. The molecule has 2 aromatic rings. The molecule has 0 saturated heterocycles. The van der Waals surface area contributed by atoms with Gasteiger partial charge in [0.1, 0.15) is 5.69 Å². The van der Waals surface area contributed by atoms with Gasteiger partial charge in [-0.1, -0.05) is 30.3 Å². The first-order valence-electron chi connectivity index (χ1n) is 6.59. The highest BCUT2D eigenvalue weighted by Crippen LogP contribution is 2.30. The SMILES string of the molecule is C[C@@H](Nc1ccc(S(C)(=O)=O)cc1[N+](=O)[O-])c1ccccc1. The molecule has 0 fully saturated rings. The Kier molecular flexibility index (Phi) is 4.46. The molecule has 0 radical (unpaired) electrons. The van der Waals surface area contributed by atoms with E-state index in [4.69, 9.17) is 0 Å². The van der Waals surface area contributed by atoms with Crippen molar-refractivity contribution in [2.75, 3.05) is 11.6 Å². The first kappa shape index (κ1) is 16.0. The van der Waals surface area contributed by atoms with Gasteiger partial charge in [0.15, 0.2) is 9.84 Å². The first-order chi connectivity index (χ1) is 10.3. The van der Waals surface area contributed by atoms with E-state index < -0.39 is 14.8 Å². The minimum Gasteiger partial charge on any atom is -0.373 e. The highest BCUT2D eigenvalue weighted by atomic mass is 32.2. The van der Waals surface area contributed by atoms with Crippen LogP contribution in [0.15, 0.2) is 53.4 Å². The second-order valence-electron chi connectivity index (χ2n) is 4.98. The van der Waals surface area contributed by atoms with Gasteiger partial charge in [0, 0.05) is 18.4 Å². The van der Waals surface area contributed by atoms with Gasteiger partial charge in [-0.15, -0.1) is 0 Å². The number of benzene rings is 2. The van der Waals surface area contributed by atoms with Gasteiger partial charge in [0.2, 0.25) is 0 Å². The van der Waals surface area contributed by atoms with Crippen LogP contribution in [0, 0.1) is 10.1 Å². The van der Waals surface area contributed by atoms with E-state index >= 15 is 0 Å². The molecule has 0 aliphatic heterocycles. The van der Waals surface area contributed by atoms with E-state index in [-0.39, 0.29) is 22.3 Å². The molecule has 0 saturated carbocycles. The summed E-state index contributed by atoms with van der Waals surface area (Å²) in [5.74, 6) is 0. The molecule has 1 N–H and O–H groups in total. The lowest BCUT2D eigenvalue weighted by Crippen LogP contribution is -2.09. The Morgan fingerprint density at radius 2 is 1.77 bits per heavy atom. The molecule has 0 amide bonds. The Morgan fingerprint density at radius 1 is 1.14 bits per heavy atom. The predicted octanol–water partition coefficient (Wildman–Crippen LogP) is 3.17. The number of nitrogens with one attached hydrogen (secondary N) is 1. The molecule has 22 heavy (non-hydrogen) atoms. The van der Waals surface area contributed by atoms with Gasteiger partial charge < -0.3 is 5.32 Å². The Bertz CT molecular complexity index is 788. The van der Waals surface area contributed by atoms with Crippen molar-refractivity contribution in [1.29, 1.82) is 0 Å². The third-order valence-corrected chi connectivity index (χ3v) is 4.38. The zero-order chi connectivity index (χ0) is 16.3. The largest absolute Gasteiger partial charge is 0.373 e. The van der Waals surface area contributed by atoms with Gasteiger partial charge in [0.25, 0.3) is 5.69 Å². The van der Waals surface area contributed by atoms with E-state index in [0.29, 0.717) is 0 Å². The molecule has 0 bridgehead atoms. The summed E-state index contributed by atoms with van der Waals surface area (Å²) in [5.41, 5.74) is 1.00. The Labute approximate surface area is 128 Å². The number of rotatable bonds is 5.